The zero-order valence-corrected chi connectivity index (χ0v) is 29.1. The first-order valence-corrected chi connectivity index (χ1v) is 17.7. The molecule has 8 atom stereocenters. The minimum absolute atomic E-state index is 0.0813. The highest BCUT2D eigenvalue weighted by molar-refractivity contribution is 9.09. The molecule has 1 aromatic carbocycles. The van der Waals surface area contributed by atoms with E-state index in [9.17, 15) is 24.3 Å². The number of β-amino-alcohol motifs (C(OH)–C–C–N with tert-alkyl or cyclic N) is 1. The van der Waals surface area contributed by atoms with E-state index in [1.165, 1.54) is 4.90 Å². The molecule has 1 spiro atoms. The molecule has 12 nitrogen and oxygen atoms in total. The lowest BCUT2D eigenvalue weighted by Gasteiger charge is -2.37. The molecular formula is C35H47BrN4O8. The van der Waals surface area contributed by atoms with Crippen molar-refractivity contribution in [1.82, 2.24) is 20.0 Å². The van der Waals surface area contributed by atoms with Gasteiger partial charge in [0.1, 0.15) is 17.7 Å². The highest BCUT2D eigenvalue weighted by atomic mass is 79.9. The number of fused-ring (bicyclic) bond motifs is 1. The van der Waals surface area contributed by atoms with Gasteiger partial charge in [0, 0.05) is 50.5 Å². The van der Waals surface area contributed by atoms with Gasteiger partial charge in [-0.2, -0.15) is 0 Å². The second-order valence-corrected chi connectivity index (χ2v) is 14.1. The number of morpholine rings is 1. The Hall–Kier alpha value is -3.10. The molecule has 0 radical (unpaired) electrons. The first-order valence-electron chi connectivity index (χ1n) is 16.8. The molecule has 2 bridgehead atoms. The summed E-state index contributed by atoms with van der Waals surface area (Å²) in [5.74, 6) is -3.56. The summed E-state index contributed by atoms with van der Waals surface area (Å²) in [6, 6.07) is 7.51. The van der Waals surface area contributed by atoms with Gasteiger partial charge in [0.2, 0.25) is 17.7 Å². The number of nitrogens with zero attached hydrogens (tertiary/aromatic N) is 3. The molecule has 262 valence electrons. The second kappa shape index (κ2) is 16.1. The molecule has 4 aliphatic rings. The number of rotatable bonds is 16. The predicted molar refractivity (Wildman–Crippen MR) is 181 cm³/mol. The summed E-state index contributed by atoms with van der Waals surface area (Å²) in [6.45, 7) is 13.0. The van der Waals surface area contributed by atoms with E-state index in [4.69, 9.17) is 14.2 Å². The zero-order valence-electron chi connectivity index (χ0n) is 27.5. The number of aliphatic hydroxyl groups excluding tert-OH is 1. The van der Waals surface area contributed by atoms with Crippen LogP contribution in [-0.4, -0.2) is 131 Å². The van der Waals surface area contributed by atoms with E-state index in [0.717, 1.165) is 13.1 Å². The lowest BCUT2D eigenvalue weighted by atomic mass is 9.70. The minimum Gasteiger partial charge on any atom is -0.455 e. The van der Waals surface area contributed by atoms with Gasteiger partial charge in [-0.05, 0) is 25.3 Å². The van der Waals surface area contributed by atoms with Crippen LogP contribution in [0.4, 0.5) is 0 Å². The maximum Gasteiger partial charge on any atom is 0.313 e. The number of aliphatic hydroxyl groups is 1. The SMILES string of the molecule is C=CCCC(=O)N[C@H](C)[C@@H](OC(=O)[C@@H]1[C@H]2O[C@@]3(CC2Br)[C@H](C(=O)N(CC=C)CCN2CCOCC2)N(CCO)C(=O)[C@@H]13)c1ccccc1. The Labute approximate surface area is 290 Å². The summed E-state index contributed by atoms with van der Waals surface area (Å²) in [7, 11) is 0. The topological polar surface area (TPSA) is 138 Å². The third-order valence-corrected chi connectivity index (χ3v) is 10.7. The summed E-state index contributed by atoms with van der Waals surface area (Å²) in [5, 5.41) is 12.9. The summed E-state index contributed by atoms with van der Waals surface area (Å²) in [5.41, 5.74) is -0.610. The zero-order chi connectivity index (χ0) is 34.4. The maximum absolute atomic E-state index is 14.5. The third kappa shape index (κ3) is 7.25. The number of hydrogen-bond acceptors (Lipinski definition) is 9. The Bertz CT molecular complexity index is 1340. The molecule has 13 heteroatoms. The molecular weight excluding hydrogens is 684 g/mol. The monoisotopic (exact) mass is 730 g/mol. The van der Waals surface area contributed by atoms with Gasteiger partial charge in [0.25, 0.3) is 0 Å². The van der Waals surface area contributed by atoms with Crippen LogP contribution in [0.3, 0.4) is 0 Å². The Morgan fingerprint density at radius 2 is 1.92 bits per heavy atom. The van der Waals surface area contributed by atoms with Crippen LogP contribution < -0.4 is 5.32 Å². The molecule has 1 unspecified atom stereocenters. The molecule has 4 saturated heterocycles. The summed E-state index contributed by atoms with van der Waals surface area (Å²) >= 11 is 3.70. The number of ether oxygens (including phenoxy) is 3. The van der Waals surface area contributed by atoms with Crippen LogP contribution >= 0.6 is 15.9 Å². The molecule has 0 aliphatic carbocycles. The van der Waals surface area contributed by atoms with Crippen molar-refractivity contribution in [2.24, 2.45) is 11.8 Å². The van der Waals surface area contributed by atoms with Crippen LogP contribution in [0, 0.1) is 11.8 Å². The number of carbonyl (C=O) groups excluding carboxylic acids is 4. The molecule has 48 heavy (non-hydrogen) atoms. The number of hydrogen-bond donors (Lipinski definition) is 2. The molecule has 4 aliphatic heterocycles. The van der Waals surface area contributed by atoms with Crippen molar-refractivity contribution in [2.45, 2.75) is 60.9 Å². The van der Waals surface area contributed by atoms with Gasteiger partial charge >= 0.3 is 5.97 Å². The lowest BCUT2D eigenvalue weighted by molar-refractivity contribution is -0.162. The van der Waals surface area contributed by atoms with E-state index < -0.39 is 53.6 Å². The third-order valence-electron chi connectivity index (χ3n) is 9.88. The fraction of sp³-hybridized carbons (Fsp3) is 0.600. The van der Waals surface area contributed by atoms with Crippen LogP contribution in [-0.2, 0) is 33.4 Å². The van der Waals surface area contributed by atoms with Gasteiger partial charge in [-0.3, -0.25) is 24.1 Å². The minimum atomic E-state index is -1.29. The molecule has 4 heterocycles. The van der Waals surface area contributed by atoms with Crippen molar-refractivity contribution < 1.29 is 38.5 Å². The highest BCUT2D eigenvalue weighted by Crippen LogP contribution is 2.60. The number of carbonyl (C=O) groups is 4. The molecule has 3 amide bonds. The quantitative estimate of drug-likeness (QED) is 0.148. The fourth-order valence-electron chi connectivity index (χ4n) is 7.67. The average Bonchev–Trinajstić information content (AvgIpc) is 3.68. The van der Waals surface area contributed by atoms with E-state index in [1.807, 2.05) is 30.3 Å². The molecule has 4 fully saturated rings. The molecule has 5 rings (SSSR count). The number of alkyl halides is 1. The first-order chi connectivity index (χ1) is 23.2. The second-order valence-electron chi connectivity index (χ2n) is 12.9. The van der Waals surface area contributed by atoms with Crippen molar-refractivity contribution in [3.8, 4) is 0 Å². The lowest BCUT2D eigenvalue weighted by Crippen LogP contribution is -2.58. The normalized spacial score (nSPS) is 29.2. The first kappa shape index (κ1) is 36.2. The van der Waals surface area contributed by atoms with Crippen LogP contribution in [0.15, 0.2) is 55.6 Å². The summed E-state index contributed by atoms with van der Waals surface area (Å²) in [6.07, 6.45) is 2.85. The molecule has 1 aromatic rings. The van der Waals surface area contributed by atoms with Crippen molar-refractivity contribution in [2.75, 3.05) is 59.1 Å². The maximum atomic E-state index is 14.5. The number of allylic oxidation sites excluding steroid dienone is 1. The number of nitrogens with one attached hydrogen (secondary N) is 1. The van der Waals surface area contributed by atoms with E-state index in [2.05, 4.69) is 39.3 Å². The van der Waals surface area contributed by atoms with Crippen LogP contribution in [0.5, 0.6) is 0 Å². The number of esters is 1. The van der Waals surface area contributed by atoms with Gasteiger partial charge in [-0.25, -0.2) is 0 Å². The smallest absolute Gasteiger partial charge is 0.313 e. The van der Waals surface area contributed by atoms with Crippen LogP contribution in [0.25, 0.3) is 0 Å². The fourth-order valence-corrected chi connectivity index (χ4v) is 8.62. The number of amides is 3. The van der Waals surface area contributed by atoms with Crippen molar-refractivity contribution in [3.63, 3.8) is 0 Å². The van der Waals surface area contributed by atoms with Gasteiger partial charge in [-0.15, -0.1) is 13.2 Å². The summed E-state index contributed by atoms with van der Waals surface area (Å²) in [4.78, 5) is 60.6. The van der Waals surface area contributed by atoms with Gasteiger partial charge in [-0.1, -0.05) is 58.4 Å². The Morgan fingerprint density at radius 3 is 2.58 bits per heavy atom. The van der Waals surface area contributed by atoms with Gasteiger partial charge in [0.05, 0.1) is 43.8 Å². The average molecular weight is 732 g/mol. The van der Waals surface area contributed by atoms with Crippen molar-refractivity contribution >= 4 is 39.6 Å². The van der Waals surface area contributed by atoms with E-state index >= 15 is 0 Å². The van der Waals surface area contributed by atoms with Crippen molar-refractivity contribution in [3.05, 3.63) is 61.2 Å². The number of halogens is 1. The van der Waals surface area contributed by atoms with Crippen molar-refractivity contribution in [1.29, 1.82) is 0 Å². The highest BCUT2D eigenvalue weighted by Gasteiger charge is 2.77. The van der Waals surface area contributed by atoms with Crippen LogP contribution in [0.1, 0.15) is 37.9 Å². The van der Waals surface area contributed by atoms with Crippen LogP contribution in [0.2, 0.25) is 0 Å². The Balaban J connectivity index is 1.41. The largest absolute Gasteiger partial charge is 0.455 e. The number of likely N-dealkylation sites (tertiary alicyclic amines) is 1. The van der Waals surface area contributed by atoms with E-state index in [1.54, 1.807) is 24.0 Å². The van der Waals surface area contributed by atoms with E-state index in [-0.39, 0.29) is 42.8 Å². The molecule has 0 saturated carbocycles. The van der Waals surface area contributed by atoms with E-state index in [0.29, 0.717) is 44.7 Å². The Morgan fingerprint density at radius 1 is 1.19 bits per heavy atom. The predicted octanol–water partition coefficient (Wildman–Crippen LogP) is 1.83. The molecule has 2 N–H and O–H groups in total. The molecule has 0 aromatic heterocycles. The Kier molecular flexibility index (Phi) is 12.1. The standard InChI is InChI=1S/C35H47BrN4O8/c1-4-6-12-26(42)37-23(3)29(24-10-8-7-9-11-24)47-34(45)27-28-32(43)40(16-19-41)31(35(28)22-25(36)30(27)48-35)33(44)39(13-5-2)15-14-38-17-20-46-21-18-38/h4-5,7-11,23,25,27-31,41H,1-2,6,12-22H2,3H3,(H,37,42)/t23-,25?,27+,28-,29-,30+,31+,35-/m1/s1. The van der Waals surface area contributed by atoms with Gasteiger partial charge < -0.3 is 34.4 Å². The number of benzene rings is 1. The van der Waals surface area contributed by atoms with Gasteiger partial charge in [0.15, 0.2) is 0 Å². The summed E-state index contributed by atoms with van der Waals surface area (Å²) < 4.78 is 18.3.